The SMILES string of the molecule is NC(N)=O.Nc1nc2nc[nH]c2c(=O)[nH]1. The molecule has 0 saturated carbocycles. The van der Waals surface area contributed by atoms with E-state index in [9.17, 15) is 4.79 Å². The number of carbonyl (C=O) groups is 1. The van der Waals surface area contributed by atoms with Gasteiger partial charge in [0.15, 0.2) is 11.2 Å². The number of nitrogen functional groups attached to an aromatic ring is 1. The van der Waals surface area contributed by atoms with Crippen molar-refractivity contribution in [3.63, 3.8) is 0 Å². The van der Waals surface area contributed by atoms with E-state index in [4.69, 9.17) is 10.5 Å². The minimum absolute atomic E-state index is 0.0783. The Labute approximate surface area is 82.7 Å². The molecule has 2 rings (SSSR count). The Hall–Kier alpha value is -2.58. The van der Waals surface area contributed by atoms with Gasteiger partial charge in [-0.05, 0) is 0 Å². The maximum absolute atomic E-state index is 11.0. The zero-order valence-corrected chi connectivity index (χ0v) is 7.52. The number of carbonyl (C=O) groups excluding carboxylic acids is 1. The molecule has 0 atom stereocenters. The molecule has 0 aliphatic carbocycles. The normalized spacial score (nSPS) is 9.33. The maximum atomic E-state index is 11.0. The number of primary amides is 2. The fourth-order valence-corrected chi connectivity index (χ4v) is 0.860. The second-order valence-electron chi connectivity index (χ2n) is 2.45. The minimum atomic E-state index is -0.833. The number of nitrogens with two attached hydrogens (primary N) is 3. The molecule has 2 heterocycles. The molecule has 0 unspecified atom stereocenters. The van der Waals surface area contributed by atoms with Crippen molar-refractivity contribution in [2.45, 2.75) is 0 Å². The summed E-state index contributed by atoms with van der Waals surface area (Å²) in [5.41, 5.74) is 14.1. The molecular weight excluding hydrogens is 202 g/mol. The van der Waals surface area contributed by atoms with Crippen molar-refractivity contribution in [1.82, 2.24) is 19.9 Å². The summed E-state index contributed by atoms with van der Waals surface area (Å²) in [5, 5.41) is 0. The largest absolute Gasteiger partial charge is 0.369 e. The predicted octanol–water partition coefficient (Wildman–Crippen LogP) is -1.75. The van der Waals surface area contributed by atoms with Gasteiger partial charge < -0.3 is 22.2 Å². The minimum Gasteiger partial charge on any atom is -0.369 e. The molecule has 0 saturated heterocycles. The first-order valence-corrected chi connectivity index (χ1v) is 3.74. The Bertz CT molecular complexity index is 524. The fraction of sp³-hybridized carbons (Fsp3) is 0. The van der Waals surface area contributed by atoms with E-state index < -0.39 is 6.03 Å². The first kappa shape index (κ1) is 10.5. The molecule has 0 bridgehead atoms. The van der Waals surface area contributed by atoms with Crippen LogP contribution >= 0.6 is 0 Å². The summed E-state index contributed by atoms with van der Waals surface area (Å²) in [7, 11) is 0. The molecule has 0 fully saturated rings. The smallest absolute Gasteiger partial charge is 0.309 e. The summed E-state index contributed by atoms with van der Waals surface area (Å²) in [6, 6.07) is -0.833. The highest BCUT2D eigenvalue weighted by atomic mass is 16.2. The van der Waals surface area contributed by atoms with E-state index in [0.29, 0.717) is 11.2 Å². The molecule has 15 heavy (non-hydrogen) atoms. The molecule has 0 aromatic carbocycles. The number of rotatable bonds is 0. The number of aromatic amines is 2. The lowest BCUT2D eigenvalue weighted by molar-refractivity contribution is 0.256. The zero-order chi connectivity index (χ0) is 11.4. The number of nitrogens with one attached hydrogen (secondary N) is 2. The van der Waals surface area contributed by atoms with Crippen molar-refractivity contribution in [2.24, 2.45) is 11.5 Å². The standard InChI is InChI=1S/C5H5N5O.CH4N2O/c6-5-9-3-2(4(11)10-5)7-1-8-3;2-1(3)4/h1H,(H4,6,7,8,9,10,11);(H4,2,3,4). The van der Waals surface area contributed by atoms with E-state index >= 15 is 0 Å². The monoisotopic (exact) mass is 211 g/mol. The highest BCUT2D eigenvalue weighted by Crippen LogP contribution is 1.98. The summed E-state index contributed by atoms with van der Waals surface area (Å²) >= 11 is 0. The Morgan fingerprint density at radius 2 is 2.00 bits per heavy atom. The number of anilines is 1. The number of hydrogen-bond donors (Lipinski definition) is 5. The molecule has 80 valence electrons. The third kappa shape index (κ3) is 2.69. The second kappa shape index (κ2) is 4.09. The lowest BCUT2D eigenvalue weighted by Crippen LogP contribution is -2.18. The van der Waals surface area contributed by atoms with Crippen LogP contribution in [0.5, 0.6) is 0 Å². The number of H-pyrrole nitrogens is 2. The van der Waals surface area contributed by atoms with E-state index in [1.807, 2.05) is 0 Å². The average molecular weight is 211 g/mol. The number of hydrogen-bond acceptors (Lipinski definition) is 5. The summed E-state index contributed by atoms with van der Waals surface area (Å²) in [5.74, 6) is 0.0783. The van der Waals surface area contributed by atoms with Crippen molar-refractivity contribution in [2.75, 3.05) is 5.73 Å². The number of amides is 2. The molecule has 2 amide bonds. The van der Waals surface area contributed by atoms with E-state index in [0.717, 1.165) is 0 Å². The molecule has 9 nitrogen and oxygen atoms in total. The quantitative estimate of drug-likeness (QED) is 0.347. The third-order valence-electron chi connectivity index (χ3n) is 1.31. The van der Waals surface area contributed by atoms with Crippen LogP contribution < -0.4 is 22.8 Å². The van der Waals surface area contributed by atoms with Gasteiger partial charge in [0.2, 0.25) is 5.95 Å². The van der Waals surface area contributed by atoms with Crippen molar-refractivity contribution in [3.8, 4) is 0 Å². The molecular formula is C6H9N7O2. The van der Waals surface area contributed by atoms with E-state index in [2.05, 4.69) is 31.4 Å². The average Bonchev–Trinajstić information content (AvgIpc) is 2.50. The van der Waals surface area contributed by atoms with Crippen LogP contribution in [-0.4, -0.2) is 26.0 Å². The van der Waals surface area contributed by atoms with Crippen molar-refractivity contribution in [1.29, 1.82) is 0 Å². The molecule has 0 aliphatic rings. The first-order chi connectivity index (χ1) is 7.00. The Kier molecular flexibility index (Phi) is 2.86. The van der Waals surface area contributed by atoms with Gasteiger partial charge in [0.25, 0.3) is 5.56 Å². The van der Waals surface area contributed by atoms with Crippen LogP contribution in [0.1, 0.15) is 0 Å². The van der Waals surface area contributed by atoms with Gasteiger partial charge in [-0.25, -0.2) is 9.78 Å². The highest BCUT2D eigenvalue weighted by molar-refractivity contribution is 5.69. The third-order valence-corrected chi connectivity index (χ3v) is 1.31. The molecule has 0 radical (unpaired) electrons. The number of urea groups is 1. The van der Waals surface area contributed by atoms with Crippen molar-refractivity contribution < 1.29 is 4.79 Å². The fourth-order valence-electron chi connectivity index (χ4n) is 0.860. The summed E-state index contributed by atoms with van der Waals surface area (Å²) in [6.45, 7) is 0. The van der Waals surface area contributed by atoms with Crippen LogP contribution in [-0.2, 0) is 0 Å². The van der Waals surface area contributed by atoms with E-state index in [1.54, 1.807) is 0 Å². The van der Waals surface area contributed by atoms with Crippen LogP contribution in [0.2, 0.25) is 0 Å². The van der Waals surface area contributed by atoms with Crippen LogP contribution in [0.3, 0.4) is 0 Å². The number of aromatic nitrogens is 4. The lowest BCUT2D eigenvalue weighted by Gasteiger charge is -1.89. The highest BCUT2D eigenvalue weighted by Gasteiger charge is 2.01. The van der Waals surface area contributed by atoms with Gasteiger partial charge >= 0.3 is 6.03 Å². The second-order valence-corrected chi connectivity index (χ2v) is 2.45. The van der Waals surface area contributed by atoms with E-state index in [-0.39, 0.29) is 11.5 Å². The lowest BCUT2D eigenvalue weighted by atomic mass is 10.5. The molecule has 9 heteroatoms. The first-order valence-electron chi connectivity index (χ1n) is 3.74. The zero-order valence-electron chi connectivity index (χ0n) is 7.52. The van der Waals surface area contributed by atoms with Crippen LogP contribution in [0.4, 0.5) is 10.7 Å². The van der Waals surface area contributed by atoms with Gasteiger partial charge in [-0.1, -0.05) is 0 Å². The predicted molar refractivity (Wildman–Crippen MR) is 52.7 cm³/mol. The van der Waals surface area contributed by atoms with Gasteiger partial charge in [0.1, 0.15) is 0 Å². The van der Waals surface area contributed by atoms with Crippen LogP contribution in [0.25, 0.3) is 11.2 Å². The van der Waals surface area contributed by atoms with Gasteiger partial charge in [-0.15, -0.1) is 0 Å². The maximum Gasteiger partial charge on any atom is 0.309 e. The summed E-state index contributed by atoms with van der Waals surface area (Å²) in [6.07, 6.45) is 1.40. The number of fused-ring (bicyclic) bond motifs is 1. The molecule has 0 spiro atoms. The number of imidazole rings is 1. The van der Waals surface area contributed by atoms with Crippen LogP contribution in [0.15, 0.2) is 11.1 Å². The van der Waals surface area contributed by atoms with Gasteiger partial charge in [0.05, 0.1) is 6.33 Å². The number of nitrogens with zero attached hydrogens (tertiary/aromatic N) is 2. The topological polar surface area (TPSA) is 170 Å². The van der Waals surface area contributed by atoms with Crippen LogP contribution in [0, 0.1) is 0 Å². The molecule has 8 N–H and O–H groups in total. The molecule has 0 aliphatic heterocycles. The Morgan fingerprint density at radius 1 is 1.40 bits per heavy atom. The van der Waals surface area contributed by atoms with Gasteiger partial charge in [-0.2, -0.15) is 4.98 Å². The molecule has 2 aromatic heterocycles. The van der Waals surface area contributed by atoms with E-state index in [1.165, 1.54) is 6.33 Å². The summed E-state index contributed by atoms with van der Waals surface area (Å²) < 4.78 is 0. The Balaban J connectivity index is 0.000000245. The van der Waals surface area contributed by atoms with Crippen molar-refractivity contribution in [3.05, 3.63) is 16.7 Å². The van der Waals surface area contributed by atoms with Crippen molar-refractivity contribution >= 4 is 23.1 Å². The van der Waals surface area contributed by atoms with Gasteiger partial charge in [0, 0.05) is 0 Å². The summed E-state index contributed by atoms with van der Waals surface area (Å²) in [4.78, 5) is 32.5. The molecule has 2 aromatic rings. The Morgan fingerprint density at radius 3 is 2.60 bits per heavy atom. The van der Waals surface area contributed by atoms with Gasteiger partial charge in [-0.3, -0.25) is 9.78 Å².